The molecule has 3 aromatic rings. The van der Waals surface area contributed by atoms with Gasteiger partial charge in [-0.2, -0.15) is 31.4 Å². The molecule has 2 fully saturated rings. The molecule has 1 saturated heterocycles. The topological polar surface area (TPSA) is 82.9 Å². The molecule has 2 atom stereocenters. The van der Waals surface area contributed by atoms with Crippen molar-refractivity contribution in [2.45, 2.75) is 49.8 Å². The molecule has 2 N–H and O–H groups in total. The van der Waals surface area contributed by atoms with Gasteiger partial charge < -0.3 is 15.2 Å². The molecule has 0 spiro atoms. The van der Waals surface area contributed by atoms with Gasteiger partial charge in [0.2, 0.25) is 5.91 Å². The summed E-state index contributed by atoms with van der Waals surface area (Å²) in [6.45, 7) is -0.0353. The summed E-state index contributed by atoms with van der Waals surface area (Å²) in [5, 5.41) is 17.3. The zero-order valence-corrected chi connectivity index (χ0v) is 23.7. The van der Waals surface area contributed by atoms with E-state index in [-0.39, 0.29) is 51.6 Å². The first-order chi connectivity index (χ1) is 20.9. The summed E-state index contributed by atoms with van der Waals surface area (Å²) < 4.78 is 87.5. The summed E-state index contributed by atoms with van der Waals surface area (Å²) in [6, 6.07) is 13.0. The monoisotopic (exact) mass is 625 g/mol. The van der Waals surface area contributed by atoms with E-state index in [1.165, 1.54) is 0 Å². The summed E-state index contributed by atoms with van der Waals surface area (Å²) in [6.07, 6.45) is -8.28. The van der Waals surface area contributed by atoms with Crippen LogP contribution in [0.2, 0.25) is 0 Å². The molecule has 1 aliphatic carbocycles. The number of nitrogens with zero attached hydrogens (tertiary/aromatic N) is 4. The fourth-order valence-corrected chi connectivity index (χ4v) is 5.26. The smallest absolute Gasteiger partial charge is 0.416 e. The second kappa shape index (κ2) is 13.2. The number of aliphatic hydroxyl groups is 1. The number of hydrogen-bond donors (Lipinski definition) is 2. The summed E-state index contributed by atoms with van der Waals surface area (Å²) in [4.78, 5) is 15.7. The first-order valence-corrected chi connectivity index (χ1v) is 14.3. The molecule has 2 heterocycles. The van der Waals surface area contributed by atoms with Crippen molar-refractivity contribution in [1.82, 2.24) is 24.9 Å². The van der Waals surface area contributed by atoms with Crippen molar-refractivity contribution >= 4 is 5.91 Å². The van der Waals surface area contributed by atoms with Crippen LogP contribution in [0.1, 0.15) is 35.7 Å². The van der Waals surface area contributed by atoms with Gasteiger partial charge in [-0.25, -0.2) is 4.68 Å². The third kappa shape index (κ3) is 8.10. The zero-order chi connectivity index (χ0) is 31.5. The number of aliphatic hydroxyl groups excluding tert-OH is 1. The number of halogens is 6. The maximum Gasteiger partial charge on any atom is 0.416 e. The Kier molecular flexibility index (Phi) is 9.51. The highest BCUT2D eigenvalue weighted by molar-refractivity contribution is 5.82. The number of para-hydroxylation sites is 1. The molecule has 1 unspecified atom stereocenters. The number of nitrogens with one attached hydrogen (secondary N) is 1. The Balaban J connectivity index is 1.12. The molecule has 44 heavy (non-hydrogen) atoms. The van der Waals surface area contributed by atoms with Gasteiger partial charge in [-0.15, -0.1) is 0 Å². The summed E-state index contributed by atoms with van der Waals surface area (Å²) >= 11 is 0. The molecule has 238 valence electrons. The van der Waals surface area contributed by atoms with Gasteiger partial charge in [0.25, 0.3) is 0 Å². The SMILES string of the molecule is O=C(NCc1cc(C2CC2)n(-c2ccccc2)n1)[C@@H](N1CCN(CC(O)COc2ccc(C(F)(F)F)cc2)CC1)C(F)(F)F. The van der Waals surface area contributed by atoms with Gasteiger partial charge in [0.1, 0.15) is 18.5 Å². The van der Waals surface area contributed by atoms with Crippen LogP contribution in [-0.4, -0.2) is 88.2 Å². The van der Waals surface area contributed by atoms with Gasteiger partial charge in [0.15, 0.2) is 6.04 Å². The van der Waals surface area contributed by atoms with Crippen molar-refractivity contribution in [2.75, 3.05) is 39.3 Å². The van der Waals surface area contributed by atoms with Gasteiger partial charge in [-0.3, -0.25) is 14.6 Å². The molecular weight excluding hydrogens is 592 g/mol. The fraction of sp³-hybridized carbons (Fsp3) is 0.467. The van der Waals surface area contributed by atoms with E-state index in [0.29, 0.717) is 11.6 Å². The zero-order valence-electron chi connectivity index (χ0n) is 23.7. The lowest BCUT2D eigenvalue weighted by molar-refractivity contribution is -0.192. The van der Waals surface area contributed by atoms with E-state index in [0.717, 1.165) is 53.4 Å². The molecule has 5 rings (SSSR count). The lowest BCUT2D eigenvalue weighted by Crippen LogP contribution is -2.60. The average Bonchev–Trinajstić information content (AvgIpc) is 3.74. The summed E-state index contributed by atoms with van der Waals surface area (Å²) in [7, 11) is 0. The van der Waals surface area contributed by atoms with E-state index in [9.17, 15) is 36.2 Å². The van der Waals surface area contributed by atoms with Crippen molar-refractivity contribution in [3.8, 4) is 11.4 Å². The number of carbonyl (C=O) groups is 1. The van der Waals surface area contributed by atoms with E-state index in [2.05, 4.69) is 10.4 Å². The normalized spacial score (nSPS) is 18.2. The Labute approximate surface area is 250 Å². The Morgan fingerprint density at radius 3 is 2.23 bits per heavy atom. The van der Waals surface area contributed by atoms with Crippen molar-refractivity contribution < 1.29 is 41.0 Å². The molecule has 0 bridgehead atoms. The number of β-amino-alcohol motifs (C(OH)–C–C–N with tert-alkyl or cyclic N) is 1. The molecule has 0 radical (unpaired) electrons. The Morgan fingerprint density at radius 1 is 0.977 bits per heavy atom. The van der Waals surface area contributed by atoms with Gasteiger partial charge in [-0.1, -0.05) is 18.2 Å². The predicted octanol–water partition coefficient (Wildman–Crippen LogP) is 4.37. The Morgan fingerprint density at radius 2 is 1.64 bits per heavy atom. The average molecular weight is 626 g/mol. The van der Waals surface area contributed by atoms with E-state index in [1.807, 2.05) is 36.4 Å². The maximum atomic E-state index is 14.1. The summed E-state index contributed by atoms with van der Waals surface area (Å²) in [5.41, 5.74) is 1.46. The van der Waals surface area contributed by atoms with Gasteiger partial charge >= 0.3 is 12.4 Å². The lowest BCUT2D eigenvalue weighted by atomic mass is 10.1. The number of alkyl halides is 6. The highest BCUT2D eigenvalue weighted by Crippen LogP contribution is 2.41. The molecule has 14 heteroatoms. The third-order valence-corrected chi connectivity index (χ3v) is 7.65. The van der Waals surface area contributed by atoms with Crippen LogP contribution in [0.4, 0.5) is 26.3 Å². The number of ether oxygens (including phenoxy) is 1. The highest BCUT2D eigenvalue weighted by Gasteiger charge is 2.49. The molecular formula is C30H33F6N5O3. The van der Waals surface area contributed by atoms with Crippen LogP contribution >= 0.6 is 0 Å². The number of rotatable bonds is 11. The number of aromatic nitrogens is 2. The minimum absolute atomic E-state index is 0.0570. The minimum atomic E-state index is -4.80. The molecule has 1 aromatic heterocycles. The molecule has 1 amide bonds. The maximum absolute atomic E-state index is 14.1. The number of piperazine rings is 1. The second-order valence-electron chi connectivity index (χ2n) is 11.1. The second-order valence-corrected chi connectivity index (χ2v) is 11.1. The third-order valence-electron chi connectivity index (χ3n) is 7.65. The van der Waals surface area contributed by atoms with Crippen LogP contribution in [-0.2, 0) is 17.5 Å². The van der Waals surface area contributed by atoms with Crippen molar-refractivity contribution in [1.29, 1.82) is 0 Å². The quantitative estimate of drug-likeness (QED) is 0.308. The van der Waals surface area contributed by atoms with Crippen LogP contribution in [0.5, 0.6) is 5.75 Å². The number of benzene rings is 2. The highest BCUT2D eigenvalue weighted by atomic mass is 19.4. The van der Waals surface area contributed by atoms with Crippen LogP contribution in [0.25, 0.3) is 5.69 Å². The molecule has 2 aromatic carbocycles. The molecule has 1 aliphatic heterocycles. The number of carbonyl (C=O) groups excluding carboxylic acids is 1. The van der Waals surface area contributed by atoms with Crippen LogP contribution < -0.4 is 10.1 Å². The number of hydrogen-bond acceptors (Lipinski definition) is 6. The number of amides is 1. The van der Waals surface area contributed by atoms with Crippen LogP contribution in [0, 0.1) is 0 Å². The minimum Gasteiger partial charge on any atom is -0.491 e. The van der Waals surface area contributed by atoms with Crippen LogP contribution in [0.3, 0.4) is 0 Å². The van der Waals surface area contributed by atoms with Crippen molar-refractivity contribution in [3.05, 3.63) is 77.6 Å². The van der Waals surface area contributed by atoms with Crippen molar-refractivity contribution in [3.63, 3.8) is 0 Å². The van der Waals surface area contributed by atoms with E-state index in [1.54, 1.807) is 9.58 Å². The van der Waals surface area contributed by atoms with E-state index >= 15 is 0 Å². The van der Waals surface area contributed by atoms with E-state index in [4.69, 9.17) is 4.74 Å². The molecule has 1 saturated carbocycles. The largest absolute Gasteiger partial charge is 0.491 e. The predicted molar refractivity (Wildman–Crippen MR) is 148 cm³/mol. The molecule has 8 nitrogen and oxygen atoms in total. The standard InChI is InChI=1S/C30H33F6N5O3/c31-29(32,33)21-8-10-25(11-9-21)44-19-24(42)18-39-12-14-40(15-13-39)27(30(34,35)36)28(43)37-17-22-16-26(20-6-7-20)41(38-22)23-4-2-1-3-5-23/h1-5,8-11,16,20,24,27,42H,6-7,12-15,17-19H2,(H,37,43)/t24?,27-/m1/s1. The Hall–Kier alpha value is -3.62. The Bertz CT molecular complexity index is 1380. The van der Waals surface area contributed by atoms with Gasteiger partial charge in [0, 0.05) is 44.3 Å². The summed E-state index contributed by atoms with van der Waals surface area (Å²) in [5.74, 6) is -0.670. The fourth-order valence-electron chi connectivity index (χ4n) is 5.26. The van der Waals surface area contributed by atoms with Crippen molar-refractivity contribution in [2.24, 2.45) is 0 Å². The molecule has 2 aliphatic rings. The first kappa shape index (κ1) is 31.8. The van der Waals surface area contributed by atoms with E-state index < -0.39 is 36.0 Å². The first-order valence-electron chi connectivity index (χ1n) is 14.3. The van der Waals surface area contributed by atoms with Crippen LogP contribution in [0.15, 0.2) is 60.7 Å². The van der Waals surface area contributed by atoms with Gasteiger partial charge in [-0.05, 0) is 55.3 Å². The lowest BCUT2D eigenvalue weighted by Gasteiger charge is -2.39. The van der Waals surface area contributed by atoms with Gasteiger partial charge in [0.05, 0.1) is 23.5 Å².